The SMILES string of the molecule is Cc1nn(CCCNC(=O)c2cccc([N+](=O)[O-])c2)cc1Br. The van der Waals surface area contributed by atoms with E-state index in [1.54, 1.807) is 10.7 Å². The largest absolute Gasteiger partial charge is 0.352 e. The lowest BCUT2D eigenvalue weighted by Gasteiger charge is -2.05. The topological polar surface area (TPSA) is 90.1 Å². The van der Waals surface area contributed by atoms with Gasteiger partial charge in [-0.3, -0.25) is 19.6 Å². The number of halogens is 1. The molecule has 2 rings (SSSR count). The Morgan fingerprint density at radius 2 is 2.27 bits per heavy atom. The molecular formula is C14H15BrN4O3. The Labute approximate surface area is 135 Å². The second-order valence-corrected chi connectivity index (χ2v) is 5.60. The minimum Gasteiger partial charge on any atom is -0.352 e. The highest BCUT2D eigenvalue weighted by Gasteiger charge is 2.10. The van der Waals surface area contributed by atoms with Crippen LogP contribution < -0.4 is 5.32 Å². The normalized spacial score (nSPS) is 10.5. The molecule has 1 aromatic carbocycles. The molecular weight excluding hydrogens is 352 g/mol. The highest BCUT2D eigenvalue weighted by molar-refractivity contribution is 9.10. The first-order valence-corrected chi connectivity index (χ1v) is 7.49. The predicted molar refractivity (Wildman–Crippen MR) is 84.7 cm³/mol. The fourth-order valence-electron chi connectivity index (χ4n) is 1.91. The number of carbonyl (C=O) groups excluding carboxylic acids is 1. The minimum absolute atomic E-state index is 0.0930. The third-order valence-corrected chi connectivity index (χ3v) is 3.83. The number of hydrogen-bond donors (Lipinski definition) is 1. The molecule has 2 aromatic rings. The number of amides is 1. The van der Waals surface area contributed by atoms with Crippen LogP contribution in [0.25, 0.3) is 0 Å². The molecule has 0 atom stereocenters. The first kappa shape index (κ1) is 16.2. The molecule has 1 N–H and O–H groups in total. The van der Waals surface area contributed by atoms with Crippen molar-refractivity contribution in [2.75, 3.05) is 6.54 Å². The molecule has 1 heterocycles. The predicted octanol–water partition coefficient (Wildman–Crippen LogP) is 2.68. The molecule has 116 valence electrons. The molecule has 0 radical (unpaired) electrons. The van der Waals surface area contributed by atoms with Crippen molar-refractivity contribution in [3.05, 3.63) is 56.3 Å². The fraction of sp³-hybridized carbons (Fsp3) is 0.286. The van der Waals surface area contributed by atoms with Gasteiger partial charge in [0.15, 0.2) is 0 Å². The molecule has 0 saturated carbocycles. The van der Waals surface area contributed by atoms with Crippen molar-refractivity contribution >= 4 is 27.5 Å². The van der Waals surface area contributed by atoms with E-state index in [2.05, 4.69) is 26.3 Å². The van der Waals surface area contributed by atoms with Crippen molar-refractivity contribution in [2.24, 2.45) is 0 Å². The van der Waals surface area contributed by atoms with Gasteiger partial charge in [-0.2, -0.15) is 5.10 Å². The van der Waals surface area contributed by atoms with Gasteiger partial charge in [-0.15, -0.1) is 0 Å². The van der Waals surface area contributed by atoms with Crippen LogP contribution in [0, 0.1) is 17.0 Å². The van der Waals surface area contributed by atoms with E-state index in [4.69, 9.17) is 0 Å². The highest BCUT2D eigenvalue weighted by atomic mass is 79.9. The van der Waals surface area contributed by atoms with Gasteiger partial charge in [-0.25, -0.2) is 0 Å². The molecule has 1 amide bonds. The van der Waals surface area contributed by atoms with E-state index in [0.717, 1.165) is 10.2 Å². The average Bonchev–Trinajstić information content (AvgIpc) is 2.82. The second-order valence-electron chi connectivity index (χ2n) is 4.74. The summed E-state index contributed by atoms with van der Waals surface area (Å²) < 4.78 is 2.76. The molecule has 0 aliphatic heterocycles. The van der Waals surface area contributed by atoms with Crippen LogP contribution in [-0.4, -0.2) is 27.2 Å². The maximum absolute atomic E-state index is 11.9. The van der Waals surface area contributed by atoms with E-state index < -0.39 is 4.92 Å². The summed E-state index contributed by atoms with van der Waals surface area (Å²) in [5, 5.41) is 17.7. The Hall–Kier alpha value is -2.22. The van der Waals surface area contributed by atoms with E-state index in [0.29, 0.717) is 19.5 Å². The van der Waals surface area contributed by atoms with E-state index >= 15 is 0 Å². The number of nitro groups is 1. The Kier molecular flexibility index (Phi) is 5.26. The number of carbonyl (C=O) groups is 1. The summed E-state index contributed by atoms with van der Waals surface area (Å²) in [5.74, 6) is -0.318. The average molecular weight is 367 g/mol. The minimum atomic E-state index is -0.519. The third-order valence-electron chi connectivity index (χ3n) is 3.06. The molecule has 0 spiro atoms. The van der Waals surface area contributed by atoms with E-state index in [1.807, 2.05) is 13.1 Å². The highest BCUT2D eigenvalue weighted by Crippen LogP contribution is 2.14. The quantitative estimate of drug-likeness (QED) is 0.483. The Bertz CT molecular complexity index is 680. The molecule has 0 unspecified atom stereocenters. The molecule has 0 fully saturated rings. The van der Waals surface area contributed by atoms with Crippen molar-refractivity contribution in [3.63, 3.8) is 0 Å². The lowest BCUT2D eigenvalue weighted by Crippen LogP contribution is -2.25. The zero-order chi connectivity index (χ0) is 16.1. The van der Waals surface area contributed by atoms with Gasteiger partial charge in [-0.05, 0) is 35.3 Å². The summed E-state index contributed by atoms with van der Waals surface area (Å²) in [6.45, 7) is 3.06. The van der Waals surface area contributed by atoms with Gasteiger partial charge >= 0.3 is 0 Å². The van der Waals surface area contributed by atoms with Gasteiger partial charge in [0.05, 0.1) is 15.1 Å². The lowest BCUT2D eigenvalue weighted by molar-refractivity contribution is -0.384. The van der Waals surface area contributed by atoms with Crippen molar-refractivity contribution in [1.82, 2.24) is 15.1 Å². The van der Waals surface area contributed by atoms with Crippen molar-refractivity contribution in [1.29, 1.82) is 0 Å². The molecule has 7 nitrogen and oxygen atoms in total. The van der Waals surface area contributed by atoms with Gasteiger partial charge in [0.1, 0.15) is 0 Å². The van der Waals surface area contributed by atoms with Crippen LogP contribution in [0.15, 0.2) is 34.9 Å². The maximum atomic E-state index is 11.9. The molecule has 0 saturated heterocycles. The molecule has 0 bridgehead atoms. The first-order valence-electron chi connectivity index (χ1n) is 6.69. The summed E-state index contributed by atoms with van der Waals surface area (Å²) in [4.78, 5) is 22.1. The number of benzene rings is 1. The van der Waals surface area contributed by atoms with Gasteiger partial charge in [0, 0.05) is 37.0 Å². The molecule has 8 heteroatoms. The van der Waals surface area contributed by atoms with Crippen LogP contribution in [0.1, 0.15) is 22.5 Å². The van der Waals surface area contributed by atoms with Crippen LogP contribution in [0.2, 0.25) is 0 Å². The van der Waals surface area contributed by atoms with Gasteiger partial charge in [-0.1, -0.05) is 6.07 Å². The molecule has 0 aliphatic carbocycles. The summed E-state index contributed by atoms with van der Waals surface area (Å²) >= 11 is 3.39. The van der Waals surface area contributed by atoms with Crippen molar-refractivity contribution in [3.8, 4) is 0 Å². The van der Waals surface area contributed by atoms with Crippen LogP contribution in [0.5, 0.6) is 0 Å². The number of hydrogen-bond acceptors (Lipinski definition) is 4. The van der Waals surface area contributed by atoms with E-state index in [-0.39, 0.29) is 17.2 Å². The zero-order valence-electron chi connectivity index (χ0n) is 12.0. The van der Waals surface area contributed by atoms with Crippen LogP contribution in [0.3, 0.4) is 0 Å². The molecule has 0 aliphatic rings. The van der Waals surface area contributed by atoms with Gasteiger partial charge in [0.25, 0.3) is 11.6 Å². The Morgan fingerprint density at radius 3 is 2.91 bits per heavy atom. The first-order chi connectivity index (χ1) is 10.5. The fourth-order valence-corrected chi connectivity index (χ4v) is 2.23. The van der Waals surface area contributed by atoms with Crippen LogP contribution >= 0.6 is 15.9 Å². The maximum Gasteiger partial charge on any atom is 0.270 e. The lowest BCUT2D eigenvalue weighted by atomic mass is 10.2. The second kappa shape index (κ2) is 7.17. The number of nitro benzene ring substituents is 1. The monoisotopic (exact) mass is 366 g/mol. The summed E-state index contributed by atoms with van der Waals surface area (Å²) in [6.07, 6.45) is 2.60. The Morgan fingerprint density at radius 1 is 1.50 bits per heavy atom. The van der Waals surface area contributed by atoms with Crippen molar-refractivity contribution < 1.29 is 9.72 Å². The number of non-ortho nitro benzene ring substituents is 1. The number of aryl methyl sites for hydroxylation is 2. The van der Waals surface area contributed by atoms with Gasteiger partial charge in [0.2, 0.25) is 0 Å². The van der Waals surface area contributed by atoms with Crippen LogP contribution in [0.4, 0.5) is 5.69 Å². The Balaban J connectivity index is 1.82. The zero-order valence-corrected chi connectivity index (χ0v) is 13.5. The number of nitrogens with one attached hydrogen (secondary N) is 1. The molecule has 1 aromatic heterocycles. The summed E-state index contributed by atoms with van der Waals surface area (Å²) in [6, 6.07) is 5.67. The standard InChI is InChI=1S/C14H15BrN4O3/c1-10-13(15)9-18(17-10)7-3-6-16-14(20)11-4-2-5-12(8-11)19(21)22/h2,4-5,8-9H,3,6-7H2,1H3,(H,16,20). The van der Waals surface area contributed by atoms with E-state index in [9.17, 15) is 14.9 Å². The third kappa shape index (κ3) is 4.14. The smallest absolute Gasteiger partial charge is 0.270 e. The van der Waals surface area contributed by atoms with Crippen LogP contribution in [-0.2, 0) is 6.54 Å². The summed E-state index contributed by atoms with van der Waals surface area (Å²) in [5.41, 5.74) is 1.11. The number of rotatable bonds is 6. The van der Waals surface area contributed by atoms with E-state index in [1.165, 1.54) is 18.2 Å². The molecule has 22 heavy (non-hydrogen) atoms. The number of nitrogens with zero attached hydrogens (tertiary/aromatic N) is 3. The summed E-state index contributed by atoms with van der Waals surface area (Å²) in [7, 11) is 0. The van der Waals surface area contributed by atoms with Crippen molar-refractivity contribution in [2.45, 2.75) is 19.9 Å². The number of aromatic nitrogens is 2. The van der Waals surface area contributed by atoms with Gasteiger partial charge < -0.3 is 5.32 Å².